The first-order chi connectivity index (χ1) is 11.8. The zero-order valence-corrected chi connectivity index (χ0v) is 15.4. The van der Waals surface area contributed by atoms with Crippen LogP contribution in [0.1, 0.15) is 18.0 Å². The van der Waals surface area contributed by atoms with Gasteiger partial charge < -0.3 is 4.57 Å². The normalized spacial score (nSPS) is 23.3. The second kappa shape index (κ2) is 5.97. The van der Waals surface area contributed by atoms with Crippen molar-refractivity contribution in [3.63, 3.8) is 0 Å². The smallest absolute Gasteiger partial charge is 0.258 e. The molecule has 1 aromatic carbocycles. The summed E-state index contributed by atoms with van der Waals surface area (Å²) in [4.78, 5) is 13.0. The van der Waals surface area contributed by atoms with Gasteiger partial charge >= 0.3 is 0 Å². The zero-order chi connectivity index (χ0) is 17.8. The van der Waals surface area contributed by atoms with E-state index in [-0.39, 0.29) is 17.4 Å². The third-order valence-corrected chi connectivity index (χ3v) is 6.68. The Labute approximate surface area is 151 Å². The van der Waals surface area contributed by atoms with Crippen LogP contribution in [-0.4, -0.2) is 36.6 Å². The number of benzene rings is 1. The van der Waals surface area contributed by atoms with Gasteiger partial charge in [-0.2, -0.15) is 0 Å². The fourth-order valence-electron chi connectivity index (χ4n) is 4.02. The molecular formula is C18H19ClN2O3S. The number of fused-ring (bicyclic) bond motifs is 4. The number of nitrogens with zero attached hydrogens (tertiary/aromatic N) is 2. The molecule has 0 unspecified atom stereocenters. The molecule has 0 saturated carbocycles. The number of hydrogen-bond donors (Lipinski definition) is 0. The lowest BCUT2D eigenvalue weighted by molar-refractivity contribution is 0.187. The van der Waals surface area contributed by atoms with Crippen LogP contribution < -0.4 is 5.56 Å². The molecule has 2 aromatic rings. The largest absolute Gasteiger partial charge is 0.311 e. The van der Waals surface area contributed by atoms with Gasteiger partial charge in [-0.25, -0.2) is 12.7 Å². The second-order valence-electron chi connectivity index (χ2n) is 6.97. The predicted octanol–water partition coefficient (Wildman–Crippen LogP) is 2.55. The minimum Gasteiger partial charge on any atom is -0.311 e. The molecule has 5 nitrogen and oxygen atoms in total. The van der Waals surface area contributed by atoms with Crippen LogP contribution in [0.5, 0.6) is 0 Å². The zero-order valence-electron chi connectivity index (χ0n) is 13.9. The molecule has 0 aliphatic carbocycles. The Kier molecular flexibility index (Phi) is 4.02. The number of pyridine rings is 1. The number of piperidine rings is 1. The highest BCUT2D eigenvalue weighted by atomic mass is 35.5. The molecule has 1 fully saturated rings. The molecule has 2 aliphatic rings. The summed E-state index contributed by atoms with van der Waals surface area (Å²) in [5, 5.41) is 0.636. The van der Waals surface area contributed by atoms with E-state index in [1.165, 1.54) is 6.26 Å². The van der Waals surface area contributed by atoms with Crippen molar-refractivity contribution in [1.29, 1.82) is 0 Å². The summed E-state index contributed by atoms with van der Waals surface area (Å²) in [6.07, 6.45) is 2.19. The van der Waals surface area contributed by atoms with Gasteiger partial charge in [-0.1, -0.05) is 23.7 Å². The Morgan fingerprint density at radius 3 is 2.44 bits per heavy atom. The van der Waals surface area contributed by atoms with Crippen LogP contribution in [0.15, 0.2) is 41.2 Å². The van der Waals surface area contributed by atoms with Gasteiger partial charge in [-0.15, -0.1) is 0 Å². The van der Waals surface area contributed by atoms with E-state index >= 15 is 0 Å². The van der Waals surface area contributed by atoms with Crippen LogP contribution >= 0.6 is 11.6 Å². The van der Waals surface area contributed by atoms with Crippen LogP contribution in [0.2, 0.25) is 5.02 Å². The van der Waals surface area contributed by atoms with Crippen molar-refractivity contribution < 1.29 is 8.42 Å². The molecule has 7 heteroatoms. The first-order valence-corrected chi connectivity index (χ1v) is 10.5. The fourth-order valence-corrected chi connectivity index (χ4v) is 5.08. The fraction of sp³-hybridized carbons (Fsp3) is 0.389. The van der Waals surface area contributed by atoms with E-state index in [1.807, 2.05) is 28.8 Å². The number of sulfonamides is 1. The minimum absolute atomic E-state index is 0.0117. The van der Waals surface area contributed by atoms with Crippen molar-refractivity contribution >= 4 is 21.6 Å². The van der Waals surface area contributed by atoms with E-state index < -0.39 is 10.0 Å². The number of rotatable bonds is 2. The molecule has 1 saturated heterocycles. The molecule has 25 heavy (non-hydrogen) atoms. The maximum Gasteiger partial charge on any atom is 0.258 e. The second-order valence-corrected chi connectivity index (χ2v) is 9.39. The quantitative estimate of drug-likeness (QED) is 0.806. The first-order valence-electron chi connectivity index (χ1n) is 8.28. The summed E-state index contributed by atoms with van der Waals surface area (Å²) in [6.45, 7) is 1.51. The van der Waals surface area contributed by atoms with E-state index in [1.54, 1.807) is 16.4 Å². The van der Waals surface area contributed by atoms with Crippen molar-refractivity contribution in [2.24, 2.45) is 5.92 Å². The maximum atomic E-state index is 13.0. The highest BCUT2D eigenvalue weighted by Crippen LogP contribution is 2.36. The molecule has 0 N–H and O–H groups in total. The Morgan fingerprint density at radius 2 is 1.76 bits per heavy atom. The van der Waals surface area contributed by atoms with Crippen LogP contribution in [0.3, 0.4) is 0 Å². The Balaban J connectivity index is 1.76. The van der Waals surface area contributed by atoms with Crippen molar-refractivity contribution in [3.05, 3.63) is 57.5 Å². The third-order valence-electron chi connectivity index (χ3n) is 5.19. The van der Waals surface area contributed by atoms with Gasteiger partial charge in [-0.3, -0.25) is 4.79 Å². The number of hydrogen-bond acceptors (Lipinski definition) is 3. The molecule has 0 spiro atoms. The molecule has 2 aliphatic heterocycles. The monoisotopic (exact) mass is 378 g/mol. The molecular weight excluding hydrogens is 360 g/mol. The average molecular weight is 379 g/mol. The molecule has 0 amide bonds. The first kappa shape index (κ1) is 16.8. The van der Waals surface area contributed by atoms with Crippen molar-refractivity contribution in [3.8, 4) is 11.1 Å². The predicted molar refractivity (Wildman–Crippen MR) is 98.4 cm³/mol. The van der Waals surface area contributed by atoms with Crippen molar-refractivity contribution in [2.75, 3.05) is 19.3 Å². The lowest BCUT2D eigenvalue weighted by Gasteiger charge is -2.41. The Hall–Kier alpha value is -1.63. The molecule has 2 atom stereocenters. The van der Waals surface area contributed by atoms with Gasteiger partial charge in [-0.05, 0) is 42.2 Å². The summed E-state index contributed by atoms with van der Waals surface area (Å²) in [7, 11) is -3.20. The van der Waals surface area contributed by atoms with Gasteiger partial charge in [0.25, 0.3) is 5.56 Å². The van der Waals surface area contributed by atoms with Crippen LogP contribution in [0.25, 0.3) is 11.1 Å². The molecule has 0 radical (unpaired) electrons. The van der Waals surface area contributed by atoms with Crippen LogP contribution in [0, 0.1) is 5.92 Å². The summed E-state index contributed by atoms with van der Waals surface area (Å²) in [5.74, 6) is 0.258. The minimum atomic E-state index is -3.20. The molecule has 132 valence electrons. The maximum absolute atomic E-state index is 13.0. The number of aromatic nitrogens is 1. The van der Waals surface area contributed by atoms with E-state index in [4.69, 9.17) is 11.6 Å². The Morgan fingerprint density at radius 1 is 1.04 bits per heavy atom. The van der Waals surface area contributed by atoms with E-state index in [9.17, 15) is 13.2 Å². The lowest BCUT2D eigenvalue weighted by atomic mass is 9.84. The topological polar surface area (TPSA) is 59.4 Å². The summed E-state index contributed by atoms with van der Waals surface area (Å²) in [5.41, 5.74) is 2.42. The average Bonchev–Trinajstić information content (AvgIpc) is 2.56. The van der Waals surface area contributed by atoms with E-state index in [0.29, 0.717) is 30.2 Å². The van der Waals surface area contributed by atoms with Crippen LogP contribution in [0.4, 0.5) is 0 Å². The van der Waals surface area contributed by atoms with Gasteiger partial charge in [0.1, 0.15) is 0 Å². The van der Waals surface area contributed by atoms with Crippen molar-refractivity contribution in [1.82, 2.24) is 8.87 Å². The van der Waals surface area contributed by atoms with Gasteiger partial charge in [0, 0.05) is 41.8 Å². The molecule has 2 bridgehead atoms. The lowest BCUT2D eigenvalue weighted by Crippen LogP contribution is -2.48. The summed E-state index contributed by atoms with van der Waals surface area (Å²) in [6, 6.07) is 11.1. The highest BCUT2D eigenvalue weighted by molar-refractivity contribution is 7.88. The molecule has 3 heterocycles. The number of halogens is 1. The third kappa shape index (κ3) is 3.03. The molecule has 1 aromatic heterocycles. The van der Waals surface area contributed by atoms with E-state index in [0.717, 1.165) is 17.7 Å². The van der Waals surface area contributed by atoms with Crippen molar-refractivity contribution in [2.45, 2.75) is 18.9 Å². The van der Waals surface area contributed by atoms with Gasteiger partial charge in [0.2, 0.25) is 10.0 Å². The van der Waals surface area contributed by atoms with Gasteiger partial charge in [0.15, 0.2) is 0 Å². The standard InChI is InChI=1S/C18H19ClN2O3S/c1-25(23,24)20-9-12-8-14(11-20)17-7-6-16(18(22)21(17)10-12)13-2-4-15(19)5-3-13/h2-7,12,14H,8-11H2,1H3/t12-,14+/m0/s1. The van der Waals surface area contributed by atoms with Crippen LogP contribution in [-0.2, 0) is 16.6 Å². The summed E-state index contributed by atoms with van der Waals surface area (Å²) < 4.78 is 27.2. The Bertz CT molecular complexity index is 982. The molecule has 4 rings (SSSR count). The SMILES string of the molecule is CS(=O)(=O)N1C[C@@H]2C[C@H](C1)c1ccc(-c3ccc(Cl)cc3)c(=O)n1C2. The van der Waals surface area contributed by atoms with E-state index in [2.05, 4.69) is 0 Å². The van der Waals surface area contributed by atoms with Gasteiger partial charge in [0.05, 0.1) is 6.26 Å². The summed E-state index contributed by atoms with van der Waals surface area (Å²) >= 11 is 5.93. The highest BCUT2D eigenvalue weighted by Gasteiger charge is 2.37.